The van der Waals surface area contributed by atoms with Crippen molar-refractivity contribution in [3.63, 3.8) is 0 Å². The van der Waals surface area contributed by atoms with Gasteiger partial charge in [-0.05, 0) is 25.5 Å². The van der Waals surface area contributed by atoms with Gasteiger partial charge in [-0.25, -0.2) is 15.8 Å². The van der Waals surface area contributed by atoms with E-state index in [0.717, 1.165) is 6.42 Å². The van der Waals surface area contributed by atoms with Gasteiger partial charge < -0.3 is 10.2 Å². The van der Waals surface area contributed by atoms with Crippen molar-refractivity contribution < 1.29 is 4.74 Å². The average Bonchev–Trinajstić information content (AvgIpc) is 2.42. The molecule has 1 atom stereocenters. The summed E-state index contributed by atoms with van der Waals surface area (Å²) in [4.78, 5) is 8.65. The molecule has 3 N–H and O–H groups in total. The van der Waals surface area contributed by atoms with Crippen LogP contribution in [0.5, 0.6) is 5.88 Å². The van der Waals surface area contributed by atoms with E-state index < -0.39 is 0 Å². The van der Waals surface area contributed by atoms with Crippen molar-refractivity contribution in [3.05, 3.63) is 22.2 Å². The Labute approximate surface area is 121 Å². The third-order valence-electron chi connectivity index (χ3n) is 2.72. The van der Waals surface area contributed by atoms with E-state index in [2.05, 4.69) is 15.4 Å². The van der Waals surface area contributed by atoms with Gasteiger partial charge in [0.15, 0.2) is 0 Å². The molecule has 2 aromatic rings. The number of rotatable bonds is 4. The lowest BCUT2D eigenvalue weighted by Crippen LogP contribution is -2.16. The molecule has 0 aliphatic heterocycles. The highest BCUT2D eigenvalue weighted by Crippen LogP contribution is 2.32. The number of hydrazine groups is 1. The van der Waals surface area contributed by atoms with Crippen molar-refractivity contribution in [2.24, 2.45) is 5.84 Å². The summed E-state index contributed by atoms with van der Waals surface area (Å²) in [6.07, 6.45) is 0.837. The van der Waals surface area contributed by atoms with E-state index >= 15 is 0 Å². The molecular weight excluding hydrogens is 287 g/mol. The van der Waals surface area contributed by atoms with E-state index in [1.807, 2.05) is 13.8 Å². The standard InChI is InChI=1S/C12H14Cl2N4O/c1-3-6(2)19-12-11(18-15)16-9-7(13)4-5-8(14)10(9)17-12/h4-6H,3,15H2,1-2H3,(H,16,18). The summed E-state index contributed by atoms with van der Waals surface area (Å²) in [6, 6.07) is 3.33. The van der Waals surface area contributed by atoms with E-state index in [4.69, 9.17) is 33.8 Å². The Bertz CT molecular complexity index is 606. The van der Waals surface area contributed by atoms with Crippen LogP contribution in [0.15, 0.2) is 12.1 Å². The zero-order chi connectivity index (χ0) is 14.0. The molecule has 0 fully saturated rings. The molecule has 0 saturated carbocycles. The molecule has 0 amide bonds. The maximum Gasteiger partial charge on any atom is 0.259 e. The first-order chi connectivity index (χ1) is 9.06. The SMILES string of the molecule is CCC(C)Oc1nc2c(Cl)ccc(Cl)c2nc1NN. The van der Waals surface area contributed by atoms with Crippen molar-refractivity contribution in [2.45, 2.75) is 26.4 Å². The number of hydrogen-bond donors (Lipinski definition) is 2. The molecule has 1 heterocycles. The first-order valence-corrected chi connectivity index (χ1v) is 6.61. The van der Waals surface area contributed by atoms with Gasteiger partial charge in [0.05, 0.1) is 16.1 Å². The second kappa shape index (κ2) is 5.77. The Hall–Kier alpha value is -1.30. The van der Waals surface area contributed by atoms with E-state index in [1.165, 1.54) is 0 Å². The Balaban J connectivity index is 2.61. The molecule has 0 bridgehead atoms. The Morgan fingerprint density at radius 3 is 2.37 bits per heavy atom. The van der Waals surface area contributed by atoms with Gasteiger partial charge in [0.2, 0.25) is 5.82 Å². The van der Waals surface area contributed by atoms with E-state index in [0.29, 0.717) is 32.8 Å². The normalized spacial score (nSPS) is 12.5. The van der Waals surface area contributed by atoms with Gasteiger partial charge in [-0.1, -0.05) is 30.1 Å². The lowest BCUT2D eigenvalue weighted by atomic mass is 10.3. The van der Waals surface area contributed by atoms with E-state index in [9.17, 15) is 0 Å². The number of fused-ring (bicyclic) bond motifs is 1. The van der Waals surface area contributed by atoms with Gasteiger partial charge >= 0.3 is 0 Å². The smallest absolute Gasteiger partial charge is 0.259 e. The third-order valence-corrected chi connectivity index (χ3v) is 3.33. The topological polar surface area (TPSA) is 73.1 Å². The van der Waals surface area contributed by atoms with Gasteiger partial charge in [-0.15, -0.1) is 0 Å². The van der Waals surface area contributed by atoms with Crippen LogP contribution in [0.25, 0.3) is 11.0 Å². The number of ether oxygens (including phenoxy) is 1. The fraction of sp³-hybridized carbons (Fsp3) is 0.333. The fourth-order valence-corrected chi connectivity index (χ4v) is 1.90. The molecule has 1 unspecified atom stereocenters. The quantitative estimate of drug-likeness (QED) is 0.669. The Morgan fingerprint density at radius 2 is 1.84 bits per heavy atom. The Morgan fingerprint density at radius 1 is 1.26 bits per heavy atom. The van der Waals surface area contributed by atoms with Gasteiger partial charge in [0.1, 0.15) is 11.0 Å². The van der Waals surface area contributed by atoms with Crippen LogP contribution in [-0.2, 0) is 0 Å². The number of aromatic nitrogens is 2. The lowest BCUT2D eigenvalue weighted by Gasteiger charge is -2.15. The van der Waals surface area contributed by atoms with Crippen LogP contribution in [0.3, 0.4) is 0 Å². The highest BCUT2D eigenvalue weighted by molar-refractivity contribution is 6.39. The van der Waals surface area contributed by atoms with E-state index in [1.54, 1.807) is 12.1 Å². The van der Waals surface area contributed by atoms with Crippen LogP contribution in [0.1, 0.15) is 20.3 Å². The number of nitrogens with one attached hydrogen (secondary N) is 1. The van der Waals surface area contributed by atoms with Crippen LogP contribution in [0.4, 0.5) is 5.82 Å². The largest absolute Gasteiger partial charge is 0.472 e. The molecular formula is C12H14Cl2N4O. The van der Waals surface area contributed by atoms with E-state index in [-0.39, 0.29) is 6.10 Å². The minimum Gasteiger partial charge on any atom is -0.472 e. The molecule has 0 spiro atoms. The lowest BCUT2D eigenvalue weighted by molar-refractivity contribution is 0.210. The molecule has 7 heteroatoms. The Kier molecular flexibility index (Phi) is 4.29. The van der Waals surface area contributed by atoms with Gasteiger partial charge in [-0.3, -0.25) is 0 Å². The maximum atomic E-state index is 6.10. The fourth-order valence-electron chi connectivity index (χ4n) is 1.51. The average molecular weight is 301 g/mol. The number of nitrogen functional groups attached to an aromatic ring is 1. The number of benzene rings is 1. The van der Waals surface area contributed by atoms with Crippen LogP contribution in [-0.4, -0.2) is 16.1 Å². The summed E-state index contributed by atoms with van der Waals surface area (Å²) >= 11 is 12.2. The zero-order valence-corrected chi connectivity index (χ0v) is 12.1. The molecule has 0 saturated heterocycles. The van der Waals surface area contributed by atoms with Gasteiger partial charge in [-0.2, -0.15) is 0 Å². The summed E-state index contributed by atoms with van der Waals surface area (Å²) in [5.41, 5.74) is 3.44. The first kappa shape index (κ1) is 14.1. The molecule has 2 rings (SSSR count). The number of halogens is 2. The number of nitrogens with two attached hydrogens (primary N) is 1. The van der Waals surface area contributed by atoms with Crippen LogP contribution >= 0.6 is 23.2 Å². The second-order valence-electron chi connectivity index (χ2n) is 4.08. The summed E-state index contributed by atoms with van der Waals surface area (Å²) in [6.45, 7) is 3.95. The molecule has 1 aromatic carbocycles. The van der Waals surface area contributed by atoms with Gasteiger partial charge in [0, 0.05) is 0 Å². The van der Waals surface area contributed by atoms with Crippen molar-refractivity contribution in [2.75, 3.05) is 5.43 Å². The second-order valence-corrected chi connectivity index (χ2v) is 4.90. The van der Waals surface area contributed by atoms with Gasteiger partial charge in [0.25, 0.3) is 5.88 Å². The minimum absolute atomic E-state index is 0.00295. The summed E-state index contributed by atoms with van der Waals surface area (Å²) < 4.78 is 5.67. The molecule has 0 aliphatic rings. The highest BCUT2D eigenvalue weighted by atomic mass is 35.5. The molecule has 19 heavy (non-hydrogen) atoms. The number of hydrogen-bond acceptors (Lipinski definition) is 5. The summed E-state index contributed by atoms with van der Waals surface area (Å²) in [7, 11) is 0. The molecule has 0 aliphatic carbocycles. The molecule has 5 nitrogen and oxygen atoms in total. The molecule has 1 aromatic heterocycles. The summed E-state index contributed by atoms with van der Waals surface area (Å²) in [5.74, 6) is 6.08. The predicted molar refractivity (Wildman–Crippen MR) is 77.7 cm³/mol. The van der Waals surface area contributed by atoms with Crippen LogP contribution in [0, 0.1) is 0 Å². The monoisotopic (exact) mass is 300 g/mol. The summed E-state index contributed by atoms with van der Waals surface area (Å²) in [5, 5.41) is 0.919. The van der Waals surface area contributed by atoms with Crippen LogP contribution in [0.2, 0.25) is 10.0 Å². The van der Waals surface area contributed by atoms with Crippen molar-refractivity contribution >= 4 is 40.1 Å². The predicted octanol–water partition coefficient (Wildman–Crippen LogP) is 3.40. The van der Waals surface area contributed by atoms with Crippen molar-refractivity contribution in [3.8, 4) is 5.88 Å². The number of anilines is 1. The number of nitrogens with zero attached hydrogens (tertiary/aromatic N) is 2. The third kappa shape index (κ3) is 2.83. The minimum atomic E-state index is -0.00295. The van der Waals surface area contributed by atoms with Crippen molar-refractivity contribution in [1.82, 2.24) is 9.97 Å². The first-order valence-electron chi connectivity index (χ1n) is 5.85. The zero-order valence-electron chi connectivity index (χ0n) is 10.6. The maximum absolute atomic E-state index is 6.10. The van der Waals surface area contributed by atoms with Crippen LogP contribution < -0.4 is 16.0 Å². The molecule has 102 valence electrons. The van der Waals surface area contributed by atoms with Crippen molar-refractivity contribution in [1.29, 1.82) is 0 Å². The molecule has 0 radical (unpaired) electrons. The highest BCUT2D eigenvalue weighted by Gasteiger charge is 2.15.